The minimum atomic E-state index is -0.263. The molecule has 0 aliphatic rings. The van der Waals surface area contributed by atoms with Crippen molar-refractivity contribution in [1.29, 1.82) is 0 Å². The van der Waals surface area contributed by atoms with Crippen LogP contribution in [0.4, 0.5) is 0 Å². The van der Waals surface area contributed by atoms with Crippen molar-refractivity contribution in [1.82, 2.24) is 0 Å². The first-order valence-corrected chi connectivity index (χ1v) is 6.57. The highest BCUT2D eigenvalue weighted by Crippen LogP contribution is 2.20. The summed E-state index contributed by atoms with van der Waals surface area (Å²) in [6.07, 6.45) is 0.813. The second-order valence-electron chi connectivity index (χ2n) is 3.89. The molecule has 1 atom stereocenters. The van der Waals surface area contributed by atoms with Gasteiger partial charge in [-0.2, -0.15) is 0 Å². The number of thioether (sulfide) groups is 1. The number of aliphatic hydroxyl groups excluding tert-OH is 1. The molecule has 0 aliphatic carbocycles. The molecule has 0 bridgehead atoms. The van der Waals surface area contributed by atoms with Crippen LogP contribution < -0.4 is 0 Å². The van der Waals surface area contributed by atoms with Gasteiger partial charge >= 0.3 is 5.97 Å². The van der Waals surface area contributed by atoms with Gasteiger partial charge in [-0.05, 0) is 31.0 Å². The van der Waals surface area contributed by atoms with Gasteiger partial charge in [-0.15, -0.1) is 11.8 Å². The lowest BCUT2D eigenvalue weighted by molar-refractivity contribution is -0.139. The Kier molecular flexibility index (Phi) is 6.08. The van der Waals surface area contributed by atoms with Gasteiger partial charge in [0.2, 0.25) is 0 Å². The first kappa shape index (κ1) is 14.1. The number of rotatable bonds is 6. The molecule has 0 amide bonds. The number of carbonyl (C=O) groups excluding carboxylic acids is 1. The van der Waals surface area contributed by atoms with Gasteiger partial charge in [0, 0.05) is 10.6 Å². The molecule has 0 saturated carbocycles. The van der Waals surface area contributed by atoms with Crippen molar-refractivity contribution < 1.29 is 14.6 Å². The van der Waals surface area contributed by atoms with Crippen LogP contribution in [0.3, 0.4) is 0 Å². The van der Waals surface area contributed by atoms with Crippen molar-refractivity contribution in [2.45, 2.75) is 30.8 Å². The standard InChI is InChI=1S/C13H18O3S/c1-10(14)6-7-17-12-5-3-4-11(8-12)9-13(15)16-2/h3-5,8,10,14H,6-7,9H2,1-2H3/t10-/m0/s1. The van der Waals surface area contributed by atoms with Crippen LogP contribution in [-0.4, -0.2) is 30.0 Å². The number of aliphatic hydroxyl groups is 1. The van der Waals surface area contributed by atoms with Crippen LogP contribution in [0.15, 0.2) is 29.2 Å². The Morgan fingerprint density at radius 1 is 1.53 bits per heavy atom. The molecule has 4 heteroatoms. The summed E-state index contributed by atoms with van der Waals surface area (Å²) in [6, 6.07) is 7.84. The molecule has 0 unspecified atom stereocenters. The molecule has 0 heterocycles. The SMILES string of the molecule is COC(=O)Cc1cccc(SCC[C@H](C)O)c1. The van der Waals surface area contributed by atoms with E-state index in [4.69, 9.17) is 5.11 Å². The largest absolute Gasteiger partial charge is 0.469 e. The highest BCUT2D eigenvalue weighted by atomic mass is 32.2. The Labute approximate surface area is 106 Å². The third-order valence-electron chi connectivity index (χ3n) is 2.28. The van der Waals surface area contributed by atoms with E-state index in [1.165, 1.54) is 7.11 Å². The fraction of sp³-hybridized carbons (Fsp3) is 0.462. The molecule has 94 valence electrons. The molecule has 0 fully saturated rings. The van der Waals surface area contributed by atoms with Crippen molar-refractivity contribution in [3.8, 4) is 0 Å². The maximum atomic E-state index is 11.1. The van der Waals surface area contributed by atoms with E-state index in [-0.39, 0.29) is 12.1 Å². The lowest BCUT2D eigenvalue weighted by atomic mass is 10.1. The van der Waals surface area contributed by atoms with Crippen molar-refractivity contribution in [3.05, 3.63) is 29.8 Å². The van der Waals surface area contributed by atoms with Gasteiger partial charge in [0.1, 0.15) is 0 Å². The van der Waals surface area contributed by atoms with Gasteiger partial charge in [-0.25, -0.2) is 0 Å². The zero-order valence-electron chi connectivity index (χ0n) is 10.2. The number of hydrogen-bond donors (Lipinski definition) is 1. The first-order valence-electron chi connectivity index (χ1n) is 5.58. The van der Waals surface area contributed by atoms with E-state index in [1.54, 1.807) is 18.7 Å². The van der Waals surface area contributed by atoms with E-state index >= 15 is 0 Å². The molecule has 1 aromatic rings. The Morgan fingerprint density at radius 2 is 2.29 bits per heavy atom. The van der Waals surface area contributed by atoms with Gasteiger partial charge in [0.05, 0.1) is 19.6 Å². The van der Waals surface area contributed by atoms with E-state index in [0.717, 1.165) is 22.6 Å². The van der Waals surface area contributed by atoms with Crippen LogP contribution in [-0.2, 0) is 16.0 Å². The number of benzene rings is 1. The molecule has 17 heavy (non-hydrogen) atoms. The zero-order valence-corrected chi connectivity index (χ0v) is 11.0. The summed E-state index contributed by atoms with van der Waals surface area (Å²) in [4.78, 5) is 12.3. The average molecular weight is 254 g/mol. The van der Waals surface area contributed by atoms with E-state index in [1.807, 2.05) is 24.3 Å². The minimum absolute atomic E-state index is 0.226. The summed E-state index contributed by atoms with van der Waals surface area (Å²) in [5.41, 5.74) is 0.957. The Balaban J connectivity index is 2.50. The topological polar surface area (TPSA) is 46.5 Å². The van der Waals surface area contributed by atoms with Crippen LogP contribution in [0.25, 0.3) is 0 Å². The number of hydrogen-bond acceptors (Lipinski definition) is 4. The Morgan fingerprint density at radius 3 is 2.94 bits per heavy atom. The molecule has 1 aromatic carbocycles. The molecule has 0 saturated heterocycles. The highest BCUT2D eigenvalue weighted by molar-refractivity contribution is 7.99. The van der Waals surface area contributed by atoms with Gasteiger partial charge in [0.15, 0.2) is 0 Å². The number of esters is 1. The van der Waals surface area contributed by atoms with Gasteiger partial charge < -0.3 is 9.84 Å². The molecule has 0 spiro atoms. The highest BCUT2D eigenvalue weighted by Gasteiger charge is 2.04. The predicted molar refractivity (Wildman–Crippen MR) is 69.2 cm³/mol. The normalized spacial score (nSPS) is 12.2. The van der Waals surface area contributed by atoms with Gasteiger partial charge in [-0.1, -0.05) is 12.1 Å². The molecule has 1 rings (SSSR count). The number of methoxy groups -OCH3 is 1. The van der Waals surface area contributed by atoms with E-state index in [2.05, 4.69) is 4.74 Å². The summed E-state index contributed by atoms with van der Waals surface area (Å²) >= 11 is 1.69. The summed E-state index contributed by atoms with van der Waals surface area (Å²) in [5.74, 6) is 0.649. The molecule has 0 aromatic heterocycles. The lowest BCUT2D eigenvalue weighted by Crippen LogP contribution is -2.04. The van der Waals surface area contributed by atoms with Crippen LogP contribution in [0, 0.1) is 0 Å². The first-order chi connectivity index (χ1) is 8.11. The second-order valence-corrected chi connectivity index (χ2v) is 5.05. The Hall–Kier alpha value is -1.00. The molecule has 0 aliphatic heterocycles. The maximum absolute atomic E-state index is 11.1. The van der Waals surface area contributed by atoms with Crippen LogP contribution in [0.1, 0.15) is 18.9 Å². The fourth-order valence-electron chi connectivity index (χ4n) is 1.33. The lowest BCUT2D eigenvalue weighted by Gasteiger charge is -2.06. The summed E-state index contributed by atoms with van der Waals surface area (Å²) in [5, 5.41) is 9.16. The molecule has 3 nitrogen and oxygen atoms in total. The fourth-order valence-corrected chi connectivity index (χ4v) is 2.44. The van der Waals surface area contributed by atoms with Crippen LogP contribution in [0.5, 0.6) is 0 Å². The van der Waals surface area contributed by atoms with Gasteiger partial charge in [0.25, 0.3) is 0 Å². The molecule has 0 radical (unpaired) electrons. The summed E-state index contributed by atoms with van der Waals surface area (Å²) < 4.78 is 4.63. The predicted octanol–water partition coefficient (Wildman–Crippen LogP) is 2.27. The quantitative estimate of drug-likeness (QED) is 0.625. The zero-order chi connectivity index (χ0) is 12.7. The van der Waals surface area contributed by atoms with Crippen LogP contribution >= 0.6 is 11.8 Å². The third-order valence-corrected chi connectivity index (χ3v) is 3.31. The van der Waals surface area contributed by atoms with Crippen molar-refractivity contribution in [3.63, 3.8) is 0 Å². The molecule has 1 N–H and O–H groups in total. The number of carbonyl (C=O) groups is 1. The van der Waals surface area contributed by atoms with E-state index in [9.17, 15) is 4.79 Å². The minimum Gasteiger partial charge on any atom is -0.469 e. The molecular formula is C13H18O3S. The monoisotopic (exact) mass is 254 g/mol. The van der Waals surface area contributed by atoms with Gasteiger partial charge in [-0.3, -0.25) is 4.79 Å². The van der Waals surface area contributed by atoms with Crippen LogP contribution in [0.2, 0.25) is 0 Å². The van der Waals surface area contributed by atoms with E-state index in [0.29, 0.717) is 6.42 Å². The summed E-state index contributed by atoms with van der Waals surface area (Å²) in [6.45, 7) is 1.79. The molecular weight excluding hydrogens is 236 g/mol. The van der Waals surface area contributed by atoms with E-state index < -0.39 is 0 Å². The average Bonchev–Trinajstić information content (AvgIpc) is 2.29. The van der Waals surface area contributed by atoms with Crippen molar-refractivity contribution in [2.75, 3.05) is 12.9 Å². The Bertz CT molecular complexity index is 363. The van der Waals surface area contributed by atoms with Crippen molar-refractivity contribution in [2.24, 2.45) is 0 Å². The maximum Gasteiger partial charge on any atom is 0.309 e. The smallest absolute Gasteiger partial charge is 0.309 e. The number of ether oxygens (including phenoxy) is 1. The third kappa shape index (κ3) is 5.75. The second kappa shape index (κ2) is 7.35. The summed E-state index contributed by atoms with van der Waals surface area (Å²) in [7, 11) is 1.39. The van der Waals surface area contributed by atoms with Crippen molar-refractivity contribution >= 4 is 17.7 Å².